The zero-order valence-corrected chi connectivity index (χ0v) is 15.4. The van der Waals surface area contributed by atoms with E-state index in [1.54, 1.807) is 25.7 Å². The number of nitro benzene ring substituents is 1. The van der Waals surface area contributed by atoms with E-state index in [1.807, 2.05) is 4.90 Å². The number of nitro groups is 1. The predicted octanol–water partition coefficient (Wildman–Crippen LogP) is 3.67. The first-order valence-electron chi connectivity index (χ1n) is 8.41. The van der Waals surface area contributed by atoms with Crippen LogP contribution in [0.4, 0.5) is 23.7 Å². The molecule has 10 heteroatoms. The molecule has 1 aliphatic heterocycles. The van der Waals surface area contributed by atoms with Crippen molar-refractivity contribution in [3.63, 3.8) is 0 Å². The van der Waals surface area contributed by atoms with Crippen molar-refractivity contribution in [1.29, 1.82) is 0 Å². The van der Waals surface area contributed by atoms with Crippen molar-refractivity contribution in [2.24, 2.45) is 0 Å². The molecule has 1 fully saturated rings. The van der Waals surface area contributed by atoms with Crippen molar-refractivity contribution in [2.75, 3.05) is 26.2 Å². The van der Waals surface area contributed by atoms with Crippen LogP contribution in [0, 0.1) is 10.1 Å². The van der Waals surface area contributed by atoms with E-state index >= 15 is 0 Å². The van der Waals surface area contributed by atoms with Crippen LogP contribution in [0.3, 0.4) is 0 Å². The minimum Gasteiger partial charge on any atom is -0.444 e. The molecule has 1 heterocycles. The van der Waals surface area contributed by atoms with Crippen molar-refractivity contribution >= 4 is 11.8 Å². The van der Waals surface area contributed by atoms with Gasteiger partial charge in [-0.15, -0.1) is 0 Å². The first kappa shape index (κ1) is 20.9. The highest BCUT2D eigenvalue weighted by atomic mass is 19.4. The summed E-state index contributed by atoms with van der Waals surface area (Å²) in [6, 6.07) is 2.55. The number of rotatable bonds is 3. The van der Waals surface area contributed by atoms with E-state index in [1.165, 1.54) is 0 Å². The minimum atomic E-state index is -4.64. The van der Waals surface area contributed by atoms with Gasteiger partial charge in [-0.2, -0.15) is 13.2 Å². The summed E-state index contributed by atoms with van der Waals surface area (Å²) in [5.41, 5.74) is -2.00. The van der Waals surface area contributed by atoms with Gasteiger partial charge < -0.3 is 9.64 Å². The molecule has 1 aromatic carbocycles. The molecule has 1 aromatic rings. The first-order chi connectivity index (χ1) is 12.4. The fourth-order valence-electron chi connectivity index (χ4n) is 2.70. The maximum atomic E-state index is 12.8. The Balaban J connectivity index is 2.03. The summed E-state index contributed by atoms with van der Waals surface area (Å²) in [7, 11) is 0. The molecule has 0 N–H and O–H groups in total. The Morgan fingerprint density at radius 3 is 2.26 bits per heavy atom. The third-order valence-corrected chi connectivity index (χ3v) is 4.03. The molecule has 0 saturated carbocycles. The highest BCUT2D eigenvalue weighted by Gasteiger charge is 2.33. The number of ether oxygens (including phenoxy) is 1. The van der Waals surface area contributed by atoms with Crippen LogP contribution in [0.2, 0.25) is 0 Å². The monoisotopic (exact) mass is 389 g/mol. The molecule has 150 valence electrons. The number of amides is 1. The molecule has 2 rings (SSSR count). The van der Waals surface area contributed by atoms with E-state index in [9.17, 15) is 28.1 Å². The normalized spacial score (nSPS) is 16.3. The number of nitrogens with zero attached hydrogens (tertiary/aromatic N) is 3. The SMILES string of the molecule is CC(C)(C)OC(=O)N1CCN(Cc2ccc(C(F)(F)F)cc2[N+](=O)[O-])CC1. The molecule has 27 heavy (non-hydrogen) atoms. The highest BCUT2D eigenvalue weighted by molar-refractivity contribution is 5.68. The maximum Gasteiger partial charge on any atom is 0.416 e. The van der Waals surface area contributed by atoms with Gasteiger partial charge >= 0.3 is 12.3 Å². The number of benzene rings is 1. The van der Waals surface area contributed by atoms with Gasteiger partial charge in [0.2, 0.25) is 0 Å². The summed E-state index contributed by atoms with van der Waals surface area (Å²) in [5.74, 6) is 0. The highest BCUT2D eigenvalue weighted by Crippen LogP contribution is 2.33. The van der Waals surface area contributed by atoms with Gasteiger partial charge in [0.15, 0.2) is 0 Å². The van der Waals surface area contributed by atoms with Crippen LogP contribution in [-0.4, -0.2) is 52.6 Å². The van der Waals surface area contributed by atoms with Crippen LogP contribution in [0.1, 0.15) is 31.9 Å². The molecule has 0 aromatic heterocycles. The molecule has 7 nitrogen and oxygen atoms in total. The van der Waals surface area contributed by atoms with E-state index in [4.69, 9.17) is 4.74 Å². The number of halogens is 3. The lowest BCUT2D eigenvalue weighted by Gasteiger charge is -2.35. The molecule has 0 unspecified atom stereocenters. The van der Waals surface area contributed by atoms with Gasteiger partial charge in [0, 0.05) is 44.4 Å². The maximum absolute atomic E-state index is 12.8. The second kappa shape index (κ2) is 7.71. The lowest BCUT2D eigenvalue weighted by molar-refractivity contribution is -0.386. The number of alkyl halides is 3. The average molecular weight is 389 g/mol. The van der Waals surface area contributed by atoms with E-state index in [0.29, 0.717) is 32.2 Å². The van der Waals surface area contributed by atoms with E-state index < -0.39 is 34.0 Å². The standard InChI is InChI=1S/C17H22F3N3O4/c1-16(2,3)27-15(24)22-8-6-21(7-9-22)11-12-4-5-13(17(18,19)20)10-14(12)23(25)26/h4-5,10H,6-9,11H2,1-3H3. The minimum absolute atomic E-state index is 0.136. The topological polar surface area (TPSA) is 75.9 Å². The molecule has 1 amide bonds. The summed E-state index contributed by atoms with van der Waals surface area (Å²) >= 11 is 0. The van der Waals surface area contributed by atoms with Crippen molar-refractivity contribution < 1.29 is 27.6 Å². The molecule has 1 saturated heterocycles. The van der Waals surface area contributed by atoms with Crippen molar-refractivity contribution in [3.8, 4) is 0 Å². The van der Waals surface area contributed by atoms with Gasteiger partial charge in [0.1, 0.15) is 5.60 Å². The molecular weight excluding hydrogens is 367 g/mol. The van der Waals surface area contributed by atoms with Gasteiger partial charge in [-0.05, 0) is 26.8 Å². The quantitative estimate of drug-likeness (QED) is 0.582. The third kappa shape index (κ3) is 5.81. The molecule has 0 atom stereocenters. The Morgan fingerprint density at radius 1 is 1.19 bits per heavy atom. The molecule has 0 aliphatic carbocycles. The second-order valence-electron chi connectivity index (χ2n) is 7.34. The largest absolute Gasteiger partial charge is 0.444 e. The van der Waals surface area contributed by atoms with E-state index in [2.05, 4.69) is 0 Å². The molecule has 1 aliphatic rings. The van der Waals surface area contributed by atoms with Gasteiger partial charge in [-0.1, -0.05) is 6.07 Å². The predicted molar refractivity (Wildman–Crippen MR) is 91.2 cm³/mol. The Morgan fingerprint density at radius 2 is 1.78 bits per heavy atom. The number of piperazine rings is 1. The van der Waals surface area contributed by atoms with Gasteiger partial charge in [0.05, 0.1) is 10.5 Å². The average Bonchev–Trinajstić information content (AvgIpc) is 2.53. The van der Waals surface area contributed by atoms with Crippen LogP contribution in [0.15, 0.2) is 18.2 Å². The van der Waals surface area contributed by atoms with Crippen LogP contribution < -0.4 is 0 Å². The van der Waals surface area contributed by atoms with Gasteiger partial charge in [-0.3, -0.25) is 15.0 Å². The molecule has 0 spiro atoms. The number of hydrogen-bond acceptors (Lipinski definition) is 5. The Kier molecular flexibility index (Phi) is 5.98. The molecular formula is C17H22F3N3O4. The second-order valence-corrected chi connectivity index (χ2v) is 7.34. The van der Waals surface area contributed by atoms with Gasteiger partial charge in [0.25, 0.3) is 5.69 Å². The van der Waals surface area contributed by atoms with Crippen molar-refractivity contribution in [2.45, 2.75) is 39.1 Å². The van der Waals surface area contributed by atoms with E-state index in [0.717, 1.165) is 12.1 Å². The Hall–Kier alpha value is -2.36. The van der Waals surface area contributed by atoms with Crippen LogP contribution >= 0.6 is 0 Å². The smallest absolute Gasteiger partial charge is 0.416 e. The van der Waals surface area contributed by atoms with Crippen molar-refractivity contribution in [1.82, 2.24) is 9.80 Å². The first-order valence-corrected chi connectivity index (χ1v) is 8.41. The number of hydrogen-bond donors (Lipinski definition) is 0. The fourth-order valence-corrected chi connectivity index (χ4v) is 2.70. The third-order valence-electron chi connectivity index (χ3n) is 4.03. The number of carbonyl (C=O) groups is 1. The van der Waals surface area contributed by atoms with Crippen LogP contribution in [0.5, 0.6) is 0 Å². The van der Waals surface area contributed by atoms with Crippen molar-refractivity contribution in [3.05, 3.63) is 39.4 Å². The lowest BCUT2D eigenvalue weighted by Crippen LogP contribution is -2.49. The fraction of sp³-hybridized carbons (Fsp3) is 0.588. The molecule has 0 bridgehead atoms. The zero-order valence-electron chi connectivity index (χ0n) is 15.4. The summed E-state index contributed by atoms with van der Waals surface area (Å²) < 4.78 is 43.6. The summed E-state index contributed by atoms with van der Waals surface area (Å²) in [5, 5.41) is 11.2. The van der Waals surface area contributed by atoms with Gasteiger partial charge in [-0.25, -0.2) is 4.79 Å². The molecule has 0 radical (unpaired) electrons. The van der Waals surface area contributed by atoms with Crippen LogP contribution in [-0.2, 0) is 17.5 Å². The lowest BCUT2D eigenvalue weighted by atomic mass is 10.1. The van der Waals surface area contributed by atoms with Crippen LogP contribution in [0.25, 0.3) is 0 Å². The summed E-state index contributed by atoms with van der Waals surface area (Å²) in [6.07, 6.45) is -5.06. The van der Waals surface area contributed by atoms with E-state index in [-0.39, 0.29) is 12.1 Å². The zero-order chi connectivity index (χ0) is 20.4. The number of carbonyl (C=O) groups excluding carboxylic acids is 1. The summed E-state index contributed by atoms with van der Waals surface area (Å²) in [6.45, 7) is 7.08. The Labute approximate surface area is 154 Å². The summed E-state index contributed by atoms with van der Waals surface area (Å²) in [4.78, 5) is 25.8. The Bertz CT molecular complexity index is 708.